The Morgan fingerprint density at radius 3 is 2.48 bits per heavy atom. The second-order valence-corrected chi connectivity index (χ2v) is 9.18. The van der Waals surface area contributed by atoms with Crippen LogP contribution < -0.4 is 11.1 Å². The number of benzene rings is 1. The fraction of sp³-hybridized carbons (Fsp3) is 0.450. The number of carbonyl (C=O) groups excluding carboxylic acids is 1. The third kappa shape index (κ3) is 4.12. The predicted molar refractivity (Wildman–Crippen MR) is 105 cm³/mol. The number of halogens is 3. The van der Waals surface area contributed by atoms with Crippen molar-refractivity contribution in [1.29, 1.82) is 0 Å². The first-order valence-corrected chi connectivity index (χ1v) is 9.81. The summed E-state index contributed by atoms with van der Waals surface area (Å²) >= 11 is 1.16. The van der Waals surface area contributed by atoms with Crippen molar-refractivity contribution < 1.29 is 27.8 Å². The monoisotopic (exact) mass is 428 g/mol. The van der Waals surface area contributed by atoms with Crippen molar-refractivity contribution in [2.75, 3.05) is 5.32 Å². The van der Waals surface area contributed by atoms with Crippen molar-refractivity contribution >= 4 is 22.2 Å². The largest absolute Gasteiger partial charge is 0.416 e. The van der Waals surface area contributed by atoms with Crippen LogP contribution in [0.15, 0.2) is 24.3 Å². The molecule has 4 N–H and O–H groups in total. The quantitative estimate of drug-likeness (QED) is 0.624. The number of nitrogens with one attached hydrogen (secondary N) is 1. The minimum atomic E-state index is -4.62. The number of rotatable bonds is 4. The highest BCUT2D eigenvalue weighted by atomic mass is 32.1. The van der Waals surface area contributed by atoms with Gasteiger partial charge in [0.1, 0.15) is 5.00 Å². The van der Waals surface area contributed by atoms with E-state index in [0.29, 0.717) is 12.0 Å². The number of thiophene rings is 1. The van der Waals surface area contributed by atoms with Crippen LogP contribution in [0.25, 0.3) is 0 Å². The highest BCUT2D eigenvalue weighted by molar-refractivity contribution is 7.17. The summed E-state index contributed by atoms with van der Waals surface area (Å²) in [6.45, 7) is 7.49. The third-order valence-corrected chi connectivity index (χ3v) is 6.23. The third-order valence-electron chi connectivity index (χ3n) is 4.76. The lowest BCUT2D eigenvalue weighted by atomic mass is 9.86. The van der Waals surface area contributed by atoms with Crippen LogP contribution in [-0.4, -0.2) is 16.6 Å². The van der Waals surface area contributed by atoms with Gasteiger partial charge in [0.05, 0.1) is 22.3 Å². The number of anilines is 1. The fourth-order valence-corrected chi connectivity index (χ4v) is 5.16. The SMILES string of the molecule is CC1(C)Cc2c(sc(NC(O)c3ccccc3C(F)(F)F)c2C(N)=O)C(C)(C)O1. The molecule has 0 fully saturated rings. The summed E-state index contributed by atoms with van der Waals surface area (Å²) < 4.78 is 46.0. The number of aliphatic hydroxyl groups excluding tert-OH is 1. The van der Waals surface area contributed by atoms with Crippen LogP contribution >= 0.6 is 11.3 Å². The zero-order valence-corrected chi connectivity index (χ0v) is 17.3. The zero-order valence-electron chi connectivity index (χ0n) is 16.5. The van der Waals surface area contributed by atoms with Crippen molar-refractivity contribution in [3.63, 3.8) is 0 Å². The van der Waals surface area contributed by atoms with Crippen molar-refractivity contribution in [3.05, 3.63) is 51.4 Å². The lowest BCUT2D eigenvalue weighted by molar-refractivity contribution is -0.139. The van der Waals surface area contributed by atoms with Crippen molar-refractivity contribution in [2.24, 2.45) is 5.73 Å². The molecule has 1 aliphatic rings. The van der Waals surface area contributed by atoms with Gasteiger partial charge in [-0.3, -0.25) is 4.79 Å². The Hall–Kier alpha value is -2.10. The van der Waals surface area contributed by atoms with E-state index in [9.17, 15) is 23.1 Å². The number of aliphatic hydroxyl groups is 1. The van der Waals surface area contributed by atoms with Gasteiger partial charge >= 0.3 is 6.18 Å². The number of ether oxygens (including phenoxy) is 1. The molecule has 1 unspecified atom stereocenters. The van der Waals surface area contributed by atoms with Gasteiger partial charge in [0, 0.05) is 16.9 Å². The van der Waals surface area contributed by atoms with E-state index in [2.05, 4.69) is 5.32 Å². The molecule has 0 spiro atoms. The lowest BCUT2D eigenvalue weighted by Crippen LogP contribution is -2.42. The van der Waals surface area contributed by atoms with Crippen LogP contribution in [0.3, 0.4) is 0 Å². The maximum absolute atomic E-state index is 13.3. The van der Waals surface area contributed by atoms with Crippen LogP contribution in [0.5, 0.6) is 0 Å². The summed E-state index contributed by atoms with van der Waals surface area (Å²) in [6.07, 6.45) is -5.89. The van der Waals surface area contributed by atoms with E-state index in [4.69, 9.17) is 10.5 Å². The van der Waals surface area contributed by atoms with Gasteiger partial charge in [-0.1, -0.05) is 18.2 Å². The Balaban J connectivity index is 2.06. The summed E-state index contributed by atoms with van der Waals surface area (Å²) in [5, 5.41) is 13.4. The number of fused-ring (bicyclic) bond motifs is 1. The molecule has 29 heavy (non-hydrogen) atoms. The smallest absolute Gasteiger partial charge is 0.369 e. The number of hydrogen-bond acceptors (Lipinski definition) is 5. The first-order chi connectivity index (χ1) is 13.2. The lowest BCUT2D eigenvalue weighted by Gasteiger charge is -2.41. The Labute approximate surface area is 170 Å². The molecule has 1 aromatic carbocycles. The molecule has 158 valence electrons. The Morgan fingerprint density at radius 1 is 1.28 bits per heavy atom. The van der Waals surface area contributed by atoms with Crippen LogP contribution in [-0.2, 0) is 22.9 Å². The van der Waals surface area contributed by atoms with E-state index in [0.717, 1.165) is 22.3 Å². The minimum Gasteiger partial charge on any atom is -0.369 e. The van der Waals surface area contributed by atoms with Gasteiger partial charge in [-0.05, 0) is 39.3 Å². The average Bonchev–Trinajstić information content (AvgIpc) is 2.91. The van der Waals surface area contributed by atoms with E-state index in [1.165, 1.54) is 18.2 Å². The fourth-order valence-electron chi connectivity index (χ4n) is 3.88. The molecule has 1 atom stereocenters. The molecule has 1 aliphatic heterocycles. The number of alkyl halides is 3. The molecule has 5 nitrogen and oxygen atoms in total. The molecule has 0 aliphatic carbocycles. The predicted octanol–water partition coefficient (Wildman–Crippen LogP) is 4.56. The molecule has 3 rings (SSSR count). The van der Waals surface area contributed by atoms with E-state index < -0.39 is 35.1 Å². The summed E-state index contributed by atoms with van der Waals surface area (Å²) in [5.41, 5.74) is 3.91. The Morgan fingerprint density at radius 2 is 1.90 bits per heavy atom. The van der Waals surface area contributed by atoms with Gasteiger partial charge in [0.2, 0.25) is 0 Å². The summed E-state index contributed by atoms with van der Waals surface area (Å²) in [4.78, 5) is 13.0. The molecular weight excluding hydrogens is 405 g/mol. The number of nitrogens with two attached hydrogens (primary N) is 1. The van der Waals surface area contributed by atoms with Gasteiger partial charge in [-0.2, -0.15) is 13.2 Å². The molecular formula is C20H23F3N2O3S. The second-order valence-electron chi connectivity index (χ2n) is 8.16. The van der Waals surface area contributed by atoms with Crippen molar-refractivity contribution in [2.45, 2.75) is 57.7 Å². The number of carbonyl (C=O) groups is 1. The van der Waals surface area contributed by atoms with E-state index in [-0.39, 0.29) is 16.1 Å². The summed E-state index contributed by atoms with van der Waals surface area (Å²) in [6, 6.07) is 4.74. The van der Waals surface area contributed by atoms with Gasteiger partial charge in [-0.15, -0.1) is 11.3 Å². The molecule has 9 heteroatoms. The normalized spacial score (nSPS) is 18.8. The van der Waals surface area contributed by atoms with E-state index >= 15 is 0 Å². The zero-order chi connectivity index (χ0) is 21.8. The topological polar surface area (TPSA) is 84.6 Å². The van der Waals surface area contributed by atoms with Crippen LogP contribution in [0, 0.1) is 0 Å². The average molecular weight is 428 g/mol. The van der Waals surface area contributed by atoms with E-state index in [1.807, 2.05) is 27.7 Å². The highest BCUT2D eigenvalue weighted by Gasteiger charge is 2.43. The molecule has 0 radical (unpaired) electrons. The van der Waals surface area contributed by atoms with Crippen molar-refractivity contribution in [1.82, 2.24) is 0 Å². The number of amides is 1. The number of hydrogen-bond donors (Lipinski definition) is 3. The Kier molecular flexibility index (Phi) is 5.21. The van der Waals surface area contributed by atoms with Gasteiger partial charge in [0.25, 0.3) is 5.91 Å². The van der Waals surface area contributed by atoms with Crippen LogP contribution in [0.2, 0.25) is 0 Å². The minimum absolute atomic E-state index is 0.179. The van der Waals surface area contributed by atoms with Crippen LogP contribution in [0.4, 0.5) is 18.2 Å². The first kappa shape index (κ1) is 21.6. The Bertz CT molecular complexity index is 951. The van der Waals surface area contributed by atoms with E-state index in [1.54, 1.807) is 0 Å². The summed E-state index contributed by atoms with van der Waals surface area (Å²) in [7, 11) is 0. The maximum Gasteiger partial charge on any atom is 0.416 e. The first-order valence-electron chi connectivity index (χ1n) is 9.00. The molecule has 0 bridgehead atoms. The highest BCUT2D eigenvalue weighted by Crippen LogP contribution is 2.48. The molecule has 1 aromatic heterocycles. The van der Waals surface area contributed by atoms with Gasteiger partial charge in [0.15, 0.2) is 6.23 Å². The molecule has 1 amide bonds. The standard InChI is InChI=1S/C20H23F3N2O3S/c1-18(2)9-11-13(15(24)26)17(29-14(11)19(3,4)28-18)25-16(27)10-7-5-6-8-12(10)20(21,22)23/h5-8,16,25,27H,9H2,1-4H3,(H2,24,26). The molecule has 2 aromatic rings. The van der Waals surface area contributed by atoms with Crippen LogP contribution in [0.1, 0.15) is 65.8 Å². The van der Waals surface area contributed by atoms with Gasteiger partial charge < -0.3 is 20.9 Å². The summed E-state index contributed by atoms with van der Waals surface area (Å²) in [5.74, 6) is -0.713. The molecule has 0 saturated carbocycles. The second kappa shape index (κ2) is 7.00. The maximum atomic E-state index is 13.3. The molecule has 2 heterocycles. The van der Waals surface area contributed by atoms with Gasteiger partial charge in [-0.25, -0.2) is 0 Å². The molecule has 0 saturated heterocycles. The van der Waals surface area contributed by atoms with Crippen molar-refractivity contribution in [3.8, 4) is 0 Å². The number of primary amides is 1.